The fraction of sp³-hybridized carbons (Fsp3) is 0.739. The summed E-state index contributed by atoms with van der Waals surface area (Å²) in [6.45, 7) is 8.27. The maximum atomic E-state index is 13.6. The van der Waals surface area contributed by atoms with Gasteiger partial charge in [-0.15, -0.1) is 0 Å². The molecule has 10 heteroatoms. The second-order valence-corrected chi connectivity index (χ2v) is 20.1. The number of carbonyl (C=O) groups excluding carboxylic acids is 6. The Morgan fingerprint density at radius 1 is 0.625 bits per heavy atom. The molecule has 0 aromatic rings. The van der Waals surface area contributed by atoms with Crippen molar-refractivity contribution >= 4 is 36.1 Å². The van der Waals surface area contributed by atoms with Crippen LogP contribution in [0.1, 0.15) is 130 Å². The molecule has 0 aromatic carbocycles. The fourth-order valence-corrected chi connectivity index (χ4v) is 15.2. The van der Waals surface area contributed by atoms with Gasteiger partial charge in [0.2, 0.25) is 0 Å². The number of ketones is 2. The number of carbonyl (C=O) groups is 6. The maximum Gasteiger partial charge on any atom is 0.332 e. The summed E-state index contributed by atoms with van der Waals surface area (Å²) in [6.07, 6.45) is 15.1. The zero-order valence-electron chi connectivity index (χ0n) is 33.6. The number of aldehydes is 2. The molecule has 0 bridgehead atoms. The van der Waals surface area contributed by atoms with Crippen LogP contribution < -0.4 is 0 Å². The molecule has 8 aliphatic rings. The van der Waals surface area contributed by atoms with Crippen LogP contribution in [0, 0.1) is 57.2 Å². The summed E-state index contributed by atoms with van der Waals surface area (Å²) in [5.41, 5.74) is -3.05. The molecule has 6 fully saturated rings. The average molecular weight is 773 g/mol. The number of aliphatic hydroxyl groups excluding tert-OH is 2. The molecule has 56 heavy (non-hydrogen) atoms. The summed E-state index contributed by atoms with van der Waals surface area (Å²) in [6, 6.07) is 0. The molecule has 0 radical (unpaired) electrons. The average Bonchev–Trinajstić information content (AvgIpc) is 3.15. The summed E-state index contributed by atoms with van der Waals surface area (Å²) >= 11 is 0. The largest absolute Gasteiger partial charge is 0.448 e. The van der Waals surface area contributed by atoms with Gasteiger partial charge in [-0.05, 0) is 148 Å². The number of fused-ring (bicyclic) bond motifs is 10. The smallest absolute Gasteiger partial charge is 0.332 e. The van der Waals surface area contributed by atoms with E-state index in [2.05, 4.69) is 13.8 Å². The van der Waals surface area contributed by atoms with Gasteiger partial charge in [-0.2, -0.15) is 0 Å². The first-order chi connectivity index (χ1) is 26.5. The molecule has 0 saturated heterocycles. The molecule has 6 saturated carbocycles. The molecule has 14 atom stereocenters. The van der Waals surface area contributed by atoms with Crippen molar-refractivity contribution in [3.63, 3.8) is 0 Å². The number of esters is 2. The highest BCUT2D eigenvalue weighted by molar-refractivity contribution is 5.94. The second kappa shape index (κ2) is 13.7. The quantitative estimate of drug-likeness (QED) is 0.178. The van der Waals surface area contributed by atoms with Crippen molar-refractivity contribution in [2.24, 2.45) is 57.2 Å². The van der Waals surface area contributed by atoms with E-state index in [1.54, 1.807) is 12.2 Å². The van der Waals surface area contributed by atoms with Gasteiger partial charge < -0.3 is 19.7 Å². The summed E-state index contributed by atoms with van der Waals surface area (Å²) in [4.78, 5) is 78.2. The highest BCUT2D eigenvalue weighted by atomic mass is 16.6. The van der Waals surface area contributed by atoms with Crippen molar-refractivity contribution in [2.75, 3.05) is 0 Å². The van der Waals surface area contributed by atoms with E-state index in [9.17, 15) is 39.0 Å². The Morgan fingerprint density at radius 2 is 1.02 bits per heavy atom. The van der Waals surface area contributed by atoms with E-state index in [-0.39, 0.29) is 70.7 Å². The Balaban J connectivity index is 0.989. The molecule has 0 aliphatic heterocycles. The van der Waals surface area contributed by atoms with E-state index in [4.69, 9.17) is 9.47 Å². The first-order valence-corrected chi connectivity index (χ1v) is 21.4. The molecule has 0 amide bonds. The lowest BCUT2D eigenvalue weighted by Gasteiger charge is -2.64. The molecule has 8 aliphatic carbocycles. The van der Waals surface area contributed by atoms with E-state index in [0.717, 1.165) is 74.4 Å². The summed E-state index contributed by atoms with van der Waals surface area (Å²) in [7, 11) is 0. The van der Waals surface area contributed by atoms with Gasteiger partial charge in [0.05, 0.1) is 12.2 Å². The molecular formula is C46H60O10. The van der Waals surface area contributed by atoms with E-state index in [0.29, 0.717) is 51.4 Å². The van der Waals surface area contributed by atoms with Gasteiger partial charge in [-0.1, -0.05) is 38.8 Å². The van der Waals surface area contributed by atoms with Crippen molar-refractivity contribution in [2.45, 2.75) is 154 Å². The van der Waals surface area contributed by atoms with Crippen LogP contribution in [0.3, 0.4) is 0 Å². The zero-order chi connectivity index (χ0) is 40.1. The molecule has 10 nitrogen and oxygen atoms in total. The second-order valence-electron chi connectivity index (χ2n) is 20.1. The van der Waals surface area contributed by atoms with Gasteiger partial charge in [-0.3, -0.25) is 19.2 Å². The van der Waals surface area contributed by atoms with E-state index < -0.39 is 46.2 Å². The summed E-state index contributed by atoms with van der Waals surface area (Å²) < 4.78 is 12.2. The predicted octanol–water partition coefficient (Wildman–Crippen LogP) is 6.29. The monoisotopic (exact) mass is 772 g/mol. The van der Waals surface area contributed by atoms with Crippen LogP contribution in [-0.2, 0) is 38.2 Å². The molecule has 8 rings (SSSR count). The van der Waals surface area contributed by atoms with E-state index in [1.807, 2.05) is 13.8 Å². The molecule has 304 valence electrons. The number of aliphatic hydroxyl groups is 2. The number of allylic oxidation sites excluding steroid dienone is 4. The highest BCUT2D eigenvalue weighted by Gasteiger charge is 2.68. The summed E-state index contributed by atoms with van der Waals surface area (Å²) in [5.74, 6) is -1.35. The third-order valence-electron chi connectivity index (χ3n) is 17.9. The number of rotatable bonds is 6. The Kier molecular flexibility index (Phi) is 9.66. The van der Waals surface area contributed by atoms with E-state index >= 15 is 0 Å². The van der Waals surface area contributed by atoms with Crippen LogP contribution in [-0.4, -0.2) is 69.7 Å². The Hall–Kier alpha value is -3.24. The van der Waals surface area contributed by atoms with Crippen LogP contribution in [0.5, 0.6) is 0 Å². The van der Waals surface area contributed by atoms with Crippen LogP contribution in [0.25, 0.3) is 0 Å². The molecule has 2 N–H and O–H groups in total. The zero-order valence-corrected chi connectivity index (χ0v) is 33.6. The first-order valence-electron chi connectivity index (χ1n) is 21.4. The number of hydrogen-bond donors (Lipinski definition) is 2. The van der Waals surface area contributed by atoms with Gasteiger partial charge in [0, 0.05) is 35.8 Å². The molecule has 0 spiro atoms. The molecule has 0 aromatic heterocycles. The van der Waals surface area contributed by atoms with Crippen LogP contribution in [0.2, 0.25) is 0 Å². The minimum atomic E-state index is -1.51. The fourth-order valence-electron chi connectivity index (χ4n) is 15.2. The van der Waals surface area contributed by atoms with Crippen LogP contribution in [0.15, 0.2) is 35.5 Å². The topological polar surface area (TPSA) is 161 Å². The number of ether oxygens (including phenoxy) is 2. The molecule has 2 unspecified atom stereocenters. The van der Waals surface area contributed by atoms with Gasteiger partial charge in [0.15, 0.2) is 35.3 Å². The van der Waals surface area contributed by atoms with Crippen molar-refractivity contribution in [1.29, 1.82) is 0 Å². The van der Waals surface area contributed by atoms with Crippen molar-refractivity contribution in [3.05, 3.63) is 35.5 Å². The minimum absolute atomic E-state index is 0.0143. The van der Waals surface area contributed by atoms with Crippen molar-refractivity contribution < 1.29 is 48.5 Å². The van der Waals surface area contributed by atoms with Gasteiger partial charge in [0.25, 0.3) is 0 Å². The standard InChI is InChI=1S/C46H60O10/c1-41-19-15-29(49)21-27(41)9-11-31-33-7-5-17-45(25-47,43(33,3)23-35(51)39(31)41)55-37(53)13-14-38(54)56-46(26-48)18-6-8-34-32-12-10-28-22-30(50)16-20-42(28,2)40(32)36(52)24-44(34,46)4/h13-14,21-22,25-26,31-36,39-40,51-52H,5-12,15-20,23-24H2,1-4H3/b14-13-/t31?,32?,33-,34-,35-,36-,39+,40+,41-,42-,43-,44-,45-,46-/m0/s1. The third-order valence-corrected chi connectivity index (χ3v) is 17.9. The van der Waals surface area contributed by atoms with Crippen LogP contribution >= 0.6 is 0 Å². The highest BCUT2D eigenvalue weighted by Crippen LogP contribution is 2.68. The Labute approximate surface area is 330 Å². The van der Waals surface area contributed by atoms with Gasteiger partial charge in [0.1, 0.15) is 0 Å². The Morgan fingerprint density at radius 3 is 1.39 bits per heavy atom. The normalized spacial score (nSPS) is 48.3. The minimum Gasteiger partial charge on any atom is -0.448 e. The number of hydrogen-bond acceptors (Lipinski definition) is 10. The predicted molar refractivity (Wildman–Crippen MR) is 204 cm³/mol. The van der Waals surface area contributed by atoms with Crippen LogP contribution in [0.4, 0.5) is 0 Å². The van der Waals surface area contributed by atoms with Gasteiger partial charge in [-0.25, -0.2) is 9.59 Å². The van der Waals surface area contributed by atoms with Crippen molar-refractivity contribution in [3.8, 4) is 0 Å². The van der Waals surface area contributed by atoms with Crippen molar-refractivity contribution in [1.82, 2.24) is 0 Å². The summed E-state index contributed by atoms with van der Waals surface area (Å²) in [5, 5.41) is 23.7. The molecule has 0 heterocycles. The third kappa shape index (κ3) is 5.60. The van der Waals surface area contributed by atoms with Gasteiger partial charge >= 0.3 is 11.9 Å². The maximum absolute atomic E-state index is 13.6. The van der Waals surface area contributed by atoms with E-state index in [1.165, 1.54) is 0 Å². The molecular weight excluding hydrogens is 712 g/mol. The lowest BCUT2D eigenvalue weighted by Crippen LogP contribution is -2.66. The lowest BCUT2D eigenvalue weighted by molar-refractivity contribution is -0.224. The Bertz CT molecular complexity index is 1680. The first kappa shape index (κ1) is 39.6. The SMILES string of the molecule is C[C@]12CCC(=O)C=C1CCC1[C@@H]2[C@@H](O)C[C@@]2(C)[C@H]1CCC[C@@]2(C=O)OC(=O)/C=C\C(=O)O[C@]1(C=O)CCC[C@H]2C3CCC4=CC(=O)CC[C@]4(C)[C@H]3[C@@H](O)C[C@@]21C. The lowest BCUT2D eigenvalue weighted by atomic mass is 9.41.